The topological polar surface area (TPSA) is 66.6 Å². The molecule has 0 spiro atoms. The Morgan fingerprint density at radius 3 is 2.83 bits per heavy atom. The number of amides is 1. The van der Waals surface area contributed by atoms with Crippen molar-refractivity contribution in [1.82, 2.24) is 9.88 Å². The predicted molar refractivity (Wildman–Crippen MR) is 87.0 cm³/mol. The number of carbonyl (C=O) groups is 1. The van der Waals surface area contributed by atoms with Crippen LogP contribution in [-0.4, -0.2) is 40.6 Å². The van der Waals surface area contributed by atoms with Gasteiger partial charge in [-0.1, -0.05) is 6.42 Å². The summed E-state index contributed by atoms with van der Waals surface area (Å²) in [5, 5.41) is 9.93. The van der Waals surface area contributed by atoms with Gasteiger partial charge in [0.15, 0.2) is 5.76 Å². The van der Waals surface area contributed by atoms with Crippen LogP contribution in [0.15, 0.2) is 34.9 Å². The number of aromatic nitrogens is 1. The predicted octanol–water partition coefficient (Wildman–Crippen LogP) is 2.88. The molecule has 1 N–H and O–H groups in total. The fourth-order valence-electron chi connectivity index (χ4n) is 3.22. The summed E-state index contributed by atoms with van der Waals surface area (Å²) in [6.45, 7) is 2.41. The Labute approximate surface area is 135 Å². The van der Waals surface area contributed by atoms with Crippen LogP contribution >= 0.6 is 0 Å². The van der Waals surface area contributed by atoms with Crippen LogP contribution in [0.25, 0.3) is 11.5 Å². The van der Waals surface area contributed by atoms with Crippen molar-refractivity contribution in [2.75, 3.05) is 13.6 Å². The van der Waals surface area contributed by atoms with Gasteiger partial charge in [0.25, 0.3) is 5.91 Å². The molecule has 3 rings (SSSR count). The van der Waals surface area contributed by atoms with E-state index in [2.05, 4.69) is 4.98 Å². The van der Waals surface area contributed by atoms with E-state index in [1.54, 1.807) is 30.3 Å². The maximum atomic E-state index is 12.6. The van der Waals surface area contributed by atoms with Crippen molar-refractivity contribution in [2.45, 2.75) is 32.3 Å². The Morgan fingerprint density at radius 1 is 1.39 bits per heavy atom. The molecule has 2 atom stereocenters. The van der Waals surface area contributed by atoms with Crippen molar-refractivity contribution < 1.29 is 14.3 Å². The van der Waals surface area contributed by atoms with Crippen molar-refractivity contribution in [3.63, 3.8) is 0 Å². The number of hydrogen-bond acceptors (Lipinski definition) is 4. The molecule has 2 heterocycles. The van der Waals surface area contributed by atoms with Gasteiger partial charge < -0.3 is 14.4 Å². The van der Waals surface area contributed by atoms with E-state index in [0.29, 0.717) is 23.6 Å². The summed E-state index contributed by atoms with van der Waals surface area (Å²) < 4.78 is 5.34. The summed E-state index contributed by atoms with van der Waals surface area (Å²) in [6, 6.07) is 7.25. The SMILES string of the molecule is Cc1nc(-c2ccco2)ccc1C(=O)N(C)CC1CCCC1O. The van der Waals surface area contributed by atoms with Crippen LogP contribution in [0.5, 0.6) is 0 Å². The maximum Gasteiger partial charge on any atom is 0.255 e. The number of nitrogens with zero attached hydrogens (tertiary/aromatic N) is 2. The lowest BCUT2D eigenvalue weighted by Gasteiger charge is -2.23. The van der Waals surface area contributed by atoms with Gasteiger partial charge in [0.2, 0.25) is 0 Å². The zero-order chi connectivity index (χ0) is 16.4. The fourth-order valence-corrected chi connectivity index (χ4v) is 3.22. The Balaban J connectivity index is 1.74. The maximum absolute atomic E-state index is 12.6. The van der Waals surface area contributed by atoms with E-state index < -0.39 is 0 Å². The third kappa shape index (κ3) is 3.29. The minimum atomic E-state index is -0.286. The highest BCUT2D eigenvalue weighted by molar-refractivity contribution is 5.95. The van der Waals surface area contributed by atoms with Crippen LogP contribution in [0, 0.1) is 12.8 Å². The number of aliphatic hydroxyl groups excluding tert-OH is 1. The van der Waals surface area contributed by atoms with Crippen molar-refractivity contribution in [3.05, 3.63) is 41.8 Å². The largest absolute Gasteiger partial charge is 0.463 e. The zero-order valence-corrected chi connectivity index (χ0v) is 13.5. The minimum absolute atomic E-state index is 0.0555. The average molecular weight is 314 g/mol. The molecule has 2 unspecified atom stereocenters. The third-order valence-electron chi connectivity index (χ3n) is 4.56. The van der Waals surface area contributed by atoms with E-state index in [-0.39, 0.29) is 17.9 Å². The molecular formula is C18H22N2O3. The lowest BCUT2D eigenvalue weighted by Crippen LogP contribution is -2.34. The molecule has 23 heavy (non-hydrogen) atoms. The molecular weight excluding hydrogens is 292 g/mol. The van der Waals surface area contributed by atoms with Gasteiger partial charge in [-0.05, 0) is 44.0 Å². The smallest absolute Gasteiger partial charge is 0.255 e. The first-order valence-corrected chi connectivity index (χ1v) is 8.01. The fraction of sp³-hybridized carbons (Fsp3) is 0.444. The Kier molecular flexibility index (Phi) is 4.48. The summed E-state index contributed by atoms with van der Waals surface area (Å²) in [5.41, 5.74) is 2.00. The van der Waals surface area contributed by atoms with Crippen LogP contribution in [0.1, 0.15) is 35.3 Å². The average Bonchev–Trinajstić information content (AvgIpc) is 3.19. The molecule has 0 bridgehead atoms. The molecule has 0 saturated heterocycles. The molecule has 0 aromatic carbocycles. The first kappa shape index (κ1) is 15.7. The van der Waals surface area contributed by atoms with Crippen molar-refractivity contribution >= 4 is 5.91 Å². The molecule has 5 nitrogen and oxygen atoms in total. The molecule has 0 aliphatic heterocycles. The third-order valence-corrected chi connectivity index (χ3v) is 4.56. The number of furan rings is 1. The number of rotatable bonds is 4. The molecule has 5 heteroatoms. The van der Waals surface area contributed by atoms with Crippen LogP contribution in [0.4, 0.5) is 0 Å². The lowest BCUT2D eigenvalue weighted by molar-refractivity contribution is 0.0692. The van der Waals surface area contributed by atoms with Crippen LogP contribution in [0.2, 0.25) is 0 Å². The number of carbonyl (C=O) groups excluding carboxylic acids is 1. The summed E-state index contributed by atoms with van der Waals surface area (Å²) in [4.78, 5) is 18.8. The van der Waals surface area contributed by atoms with E-state index in [9.17, 15) is 9.90 Å². The summed E-state index contributed by atoms with van der Waals surface area (Å²) in [6.07, 6.45) is 4.17. The van der Waals surface area contributed by atoms with E-state index in [1.165, 1.54) is 0 Å². The summed E-state index contributed by atoms with van der Waals surface area (Å²) in [7, 11) is 1.78. The van der Waals surface area contributed by atoms with Gasteiger partial charge in [-0.2, -0.15) is 0 Å². The minimum Gasteiger partial charge on any atom is -0.463 e. The highest BCUT2D eigenvalue weighted by atomic mass is 16.3. The van der Waals surface area contributed by atoms with Gasteiger partial charge in [0.1, 0.15) is 5.69 Å². The van der Waals surface area contributed by atoms with Gasteiger partial charge >= 0.3 is 0 Å². The lowest BCUT2D eigenvalue weighted by atomic mass is 10.0. The monoisotopic (exact) mass is 314 g/mol. The standard InChI is InChI=1S/C18H22N2O3/c1-12-14(8-9-15(19-12)17-7-4-10-23-17)18(22)20(2)11-13-5-3-6-16(13)21/h4,7-10,13,16,21H,3,5-6,11H2,1-2H3. The van der Waals surface area contributed by atoms with Gasteiger partial charge in [-0.15, -0.1) is 0 Å². The van der Waals surface area contributed by atoms with Gasteiger partial charge in [0, 0.05) is 19.5 Å². The first-order chi connectivity index (χ1) is 11.1. The molecule has 122 valence electrons. The molecule has 2 aromatic heterocycles. The highest BCUT2D eigenvalue weighted by Gasteiger charge is 2.28. The molecule has 1 amide bonds. The van der Waals surface area contributed by atoms with Crippen LogP contribution in [0.3, 0.4) is 0 Å². The normalized spacial score (nSPS) is 20.7. The van der Waals surface area contributed by atoms with Gasteiger partial charge in [0.05, 0.1) is 23.6 Å². The molecule has 1 saturated carbocycles. The molecule has 1 aliphatic carbocycles. The van der Waals surface area contributed by atoms with Gasteiger partial charge in [-0.3, -0.25) is 4.79 Å². The molecule has 1 aliphatic rings. The quantitative estimate of drug-likeness (QED) is 0.942. The van der Waals surface area contributed by atoms with Crippen molar-refractivity contribution in [1.29, 1.82) is 0 Å². The van der Waals surface area contributed by atoms with Crippen LogP contribution < -0.4 is 0 Å². The van der Waals surface area contributed by atoms with E-state index >= 15 is 0 Å². The second-order valence-electron chi connectivity index (χ2n) is 6.25. The first-order valence-electron chi connectivity index (χ1n) is 8.01. The number of pyridine rings is 1. The van der Waals surface area contributed by atoms with E-state index in [1.807, 2.05) is 19.1 Å². The van der Waals surface area contributed by atoms with Crippen molar-refractivity contribution in [3.8, 4) is 11.5 Å². The second kappa shape index (κ2) is 6.54. The number of aliphatic hydroxyl groups is 1. The van der Waals surface area contributed by atoms with E-state index in [0.717, 1.165) is 25.0 Å². The number of hydrogen-bond donors (Lipinski definition) is 1. The molecule has 0 radical (unpaired) electrons. The van der Waals surface area contributed by atoms with Crippen molar-refractivity contribution in [2.24, 2.45) is 5.92 Å². The highest BCUT2D eigenvalue weighted by Crippen LogP contribution is 2.27. The summed E-state index contributed by atoms with van der Waals surface area (Å²) >= 11 is 0. The van der Waals surface area contributed by atoms with Gasteiger partial charge in [-0.25, -0.2) is 4.98 Å². The molecule has 2 aromatic rings. The Bertz CT molecular complexity index is 682. The number of aryl methyl sites for hydroxylation is 1. The Morgan fingerprint density at radius 2 is 2.22 bits per heavy atom. The zero-order valence-electron chi connectivity index (χ0n) is 13.5. The van der Waals surface area contributed by atoms with Crippen LogP contribution in [-0.2, 0) is 0 Å². The second-order valence-corrected chi connectivity index (χ2v) is 6.25. The van der Waals surface area contributed by atoms with E-state index in [4.69, 9.17) is 4.42 Å². The Hall–Kier alpha value is -2.14. The molecule has 1 fully saturated rings. The summed E-state index contributed by atoms with van der Waals surface area (Å²) in [5.74, 6) is 0.814.